The van der Waals surface area contributed by atoms with Crippen molar-refractivity contribution < 1.29 is 22.7 Å². The first kappa shape index (κ1) is 25.3. The van der Waals surface area contributed by atoms with E-state index in [2.05, 4.69) is 15.0 Å². The van der Waals surface area contributed by atoms with Gasteiger partial charge in [-0.25, -0.2) is 22.9 Å². The van der Waals surface area contributed by atoms with Gasteiger partial charge in [0.25, 0.3) is 0 Å². The maximum Gasteiger partial charge on any atom is 0.357 e. The van der Waals surface area contributed by atoms with Gasteiger partial charge in [0, 0.05) is 17.3 Å². The maximum absolute atomic E-state index is 12.9. The van der Waals surface area contributed by atoms with Gasteiger partial charge in [-0.15, -0.1) is 11.3 Å². The number of thiazole rings is 1. The normalized spacial score (nSPS) is 12.3. The Bertz CT molecular complexity index is 1300. The molecule has 3 aromatic rings. The zero-order valence-electron chi connectivity index (χ0n) is 18.4. The number of nitrogens with two attached hydrogens (primary N) is 1. The number of nitrogens with one attached hydrogen (secondary N) is 3. The van der Waals surface area contributed by atoms with Gasteiger partial charge in [-0.05, 0) is 31.2 Å². The van der Waals surface area contributed by atoms with Crippen LogP contribution >= 0.6 is 11.3 Å². The van der Waals surface area contributed by atoms with Crippen molar-refractivity contribution in [2.24, 2.45) is 5.73 Å². The number of sulfonamides is 1. The molecule has 12 heteroatoms. The van der Waals surface area contributed by atoms with E-state index in [0.717, 1.165) is 16.7 Å². The zero-order valence-corrected chi connectivity index (χ0v) is 20.0. The van der Waals surface area contributed by atoms with E-state index < -0.39 is 33.8 Å². The van der Waals surface area contributed by atoms with Crippen LogP contribution in [-0.4, -0.2) is 50.3 Å². The Kier molecular flexibility index (Phi) is 8.31. The Morgan fingerprint density at radius 3 is 2.68 bits per heavy atom. The third-order valence-electron chi connectivity index (χ3n) is 4.85. The summed E-state index contributed by atoms with van der Waals surface area (Å²) in [6.45, 7) is 1.92. The van der Waals surface area contributed by atoms with E-state index in [9.17, 15) is 18.0 Å². The SMILES string of the molecule is CCOC(=O)c1csc(C(=O)C(CCCNS(=O)(=O)c2cccc3ccccc23)NC(=N)N)n1. The summed E-state index contributed by atoms with van der Waals surface area (Å²) in [5, 5.41) is 13.0. The average Bonchev–Trinajstić information content (AvgIpc) is 3.30. The minimum atomic E-state index is -3.78. The van der Waals surface area contributed by atoms with Gasteiger partial charge in [0.15, 0.2) is 16.7 Å². The van der Waals surface area contributed by atoms with Gasteiger partial charge in [0.1, 0.15) is 0 Å². The number of guanidine groups is 1. The number of nitrogens with zero attached hydrogens (tertiary/aromatic N) is 1. The van der Waals surface area contributed by atoms with Gasteiger partial charge in [-0.2, -0.15) is 0 Å². The minimum absolute atomic E-state index is 0.0274. The van der Waals surface area contributed by atoms with E-state index in [1.54, 1.807) is 25.1 Å². The number of esters is 1. The molecule has 0 fully saturated rings. The molecular weight excluding hydrogens is 478 g/mol. The molecule has 0 saturated carbocycles. The van der Waals surface area contributed by atoms with Crippen molar-refractivity contribution in [3.8, 4) is 0 Å². The summed E-state index contributed by atoms with van der Waals surface area (Å²) in [4.78, 5) is 28.9. The molecule has 0 saturated heterocycles. The van der Waals surface area contributed by atoms with E-state index >= 15 is 0 Å². The first-order valence-corrected chi connectivity index (χ1v) is 12.8. The van der Waals surface area contributed by atoms with Crippen LogP contribution in [0.2, 0.25) is 0 Å². The summed E-state index contributed by atoms with van der Waals surface area (Å²) in [6.07, 6.45) is 0.474. The number of benzene rings is 2. The van der Waals surface area contributed by atoms with Crippen molar-refractivity contribution in [3.05, 3.63) is 58.5 Å². The third-order valence-corrected chi connectivity index (χ3v) is 7.22. The van der Waals surface area contributed by atoms with Gasteiger partial charge in [-0.3, -0.25) is 10.2 Å². The van der Waals surface area contributed by atoms with Crippen LogP contribution in [0.15, 0.2) is 52.7 Å². The number of carbonyl (C=O) groups is 2. The van der Waals surface area contributed by atoms with Crippen molar-refractivity contribution in [1.82, 2.24) is 15.0 Å². The number of Topliss-reactive ketones (excluding diaryl/α,β-unsaturated/α-hetero) is 1. The lowest BCUT2D eigenvalue weighted by Gasteiger charge is -2.16. The number of carbonyl (C=O) groups excluding carboxylic acids is 2. The minimum Gasteiger partial charge on any atom is -0.461 e. The highest BCUT2D eigenvalue weighted by Gasteiger charge is 2.25. The molecule has 0 radical (unpaired) electrons. The molecule has 0 aliphatic carbocycles. The number of hydrogen-bond acceptors (Lipinski definition) is 8. The van der Waals surface area contributed by atoms with E-state index in [4.69, 9.17) is 15.9 Å². The standard InChI is InChI=1S/C22H25N5O5S2/c1-2-32-21(29)17-13-33-20(26-17)19(28)16(27-22(23)24)10-6-12-25-34(30,31)18-11-5-8-14-7-3-4-9-15(14)18/h3-5,7-9,11,13,16,25H,2,6,10,12H2,1H3,(H4,23,24,27). The van der Waals surface area contributed by atoms with Crippen LogP contribution in [0.1, 0.15) is 40.1 Å². The van der Waals surface area contributed by atoms with E-state index in [0.29, 0.717) is 5.39 Å². The fraction of sp³-hybridized carbons (Fsp3) is 0.273. The highest BCUT2D eigenvalue weighted by molar-refractivity contribution is 7.89. The van der Waals surface area contributed by atoms with E-state index in [-0.39, 0.29) is 41.6 Å². The summed E-state index contributed by atoms with van der Waals surface area (Å²) >= 11 is 0.985. The fourth-order valence-corrected chi connectivity index (χ4v) is 5.40. The predicted molar refractivity (Wildman–Crippen MR) is 130 cm³/mol. The highest BCUT2D eigenvalue weighted by atomic mass is 32.2. The zero-order chi connectivity index (χ0) is 24.7. The molecule has 1 heterocycles. The largest absolute Gasteiger partial charge is 0.461 e. The van der Waals surface area contributed by atoms with Crippen molar-refractivity contribution in [2.45, 2.75) is 30.7 Å². The van der Waals surface area contributed by atoms with Crippen LogP contribution in [0.25, 0.3) is 10.8 Å². The number of ether oxygens (including phenoxy) is 1. The Balaban J connectivity index is 1.65. The molecule has 5 N–H and O–H groups in total. The summed E-state index contributed by atoms with van der Waals surface area (Å²) in [7, 11) is -3.78. The van der Waals surface area contributed by atoms with Crippen molar-refractivity contribution in [1.29, 1.82) is 5.41 Å². The van der Waals surface area contributed by atoms with Crippen molar-refractivity contribution in [3.63, 3.8) is 0 Å². The van der Waals surface area contributed by atoms with Crippen LogP contribution in [0, 0.1) is 5.41 Å². The van der Waals surface area contributed by atoms with Gasteiger partial charge in [0.05, 0.1) is 17.5 Å². The second-order valence-electron chi connectivity index (χ2n) is 7.25. The molecular formula is C22H25N5O5S2. The second-order valence-corrected chi connectivity index (χ2v) is 9.84. The van der Waals surface area contributed by atoms with Crippen LogP contribution in [0.4, 0.5) is 0 Å². The molecule has 180 valence electrons. The van der Waals surface area contributed by atoms with Crippen LogP contribution in [0.3, 0.4) is 0 Å². The average molecular weight is 504 g/mol. The van der Waals surface area contributed by atoms with Gasteiger partial charge < -0.3 is 15.8 Å². The monoisotopic (exact) mass is 503 g/mol. The van der Waals surface area contributed by atoms with Gasteiger partial charge in [0.2, 0.25) is 15.8 Å². The van der Waals surface area contributed by atoms with Crippen LogP contribution < -0.4 is 15.8 Å². The summed E-state index contributed by atoms with van der Waals surface area (Å²) < 4.78 is 33.1. The molecule has 2 aromatic carbocycles. The lowest BCUT2D eigenvalue weighted by atomic mass is 10.1. The number of hydrogen-bond donors (Lipinski definition) is 4. The smallest absolute Gasteiger partial charge is 0.357 e. The molecule has 0 bridgehead atoms. The third kappa shape index (κ3) is 6.16. The fourth-order valence-electron chi connectivity index (χ4n) is 3.31. The molecule has 0 aliphatic rings. The maximum atomic E-state index is 12.9. The van der Waals surface area contributed by atoms with E-state index in [1.807, 2.05) is 18.2 Å². The Morgan fingerprint density at radius 2 is 1.94 bits per heavy atom. The van der Waals surface area contributed by atoms with Gasteiger partial charge >= 0.3 is 5.97 Å². The Labute approximate surface area is 201 Å². The number of fused-ring (bicyclic) bond motifs is 1. The predicted octanol–water partition coefficient (Wildman–Crippen LogP) is 2.27. The second kappa shape index (κ2) is 11.2. The first-order valence-electron chi connectivity index (χ1n) is 10.5. The number of aromatic nitrogens is 1. The summed E-state index contributed by atoms with van der Waals surface area (Å²) in [6, 6.07) is 11.3. The number of ketones is 1. The molecule has 34 heavy (non-hydrogen) atoms. The first-order chi connectivity index (χ1) is 16.2. The van der Waals surface area contributed by atoms with Gasteiger partial charge in [-0.1, -0.05) is 36.4 Å². The molecule has 0 amide bonds. The van der Waals surface area contributed by atoms with E-state index in [1.165, 1.54) is 11.4 Å². The lowest BCUT2D eigenvalue weighted by Crippen LogP contribution is -2.44. The highest BCUT2D eigenvalue weighted by Crippen LogP contribution is 2.22. The topological polar surface area (TPSA) is 164 Å². The van der Waals surface area contributed by atoms with Crippen LogP contribution in [-0.2, 0) is 14.8 Å². The Hall–Kier alpha value is -3.35. The summed E-state index contributed by atoms with van der Waals surface area (Å²) in [5.74, 6) is -1.48. The molecule has 3 rings (SSSR count). The lowest BCUT2D eigenvalue weighted by molar-refractivity contribution is 0.0520. The Morgan fingerprint density at radius 1 is 1.21 bits per heavy atom. The van der Waals surface area contributed by atoms with Crippen LogP contribution in [0.5, 0.6) is 0 Å². The molecule has 0 spiro atoms. The molecule has 10 nitrogen and oxygen atoms in total. The number of rotatable bonds is 11. The van der Waals surface area contributed by atoms with Crippen molar-refractivity contribution >= 4 is 49.8 Å². The molecule has 1 atom stereocenters. The summed E-state index contributed by atoms with van der Waals surface area (Å²) in [5.41, 5.74) is 5.45. The molecule has 1 unspecified atom stereocenters. The quantitative estimate of drug-likeness (QED) is 0.102. The molecule has 0 aliphatic heterocycles. The van der Waals surface area contributed by atoms with Crippen molar-refractivity contribution in [2.75, 3.05) is 13.2 Å². The molecule has 1 aromatic heterocycles.